The summed E-state index contributed by atoms with van der Waals surface area (Å²) in [5, 5.41) is 7.01. The number of hydrogen-bond donors (Lipinski definition) is 2. The van der Waals surface area contributed by atoms with Crippen LogP contribution in [0, 0.1) is 0 Å². The summed E-state index contributed by atoms with van der Waals surface area (Å²) in [5.74, 6) is 0.898. The molecular weight excluding hydrogens is 366 g/mol. The Morgan fingerprint density at radius 1 is 1.14 bits per heavy atom. The highest BCUT2D eigenvalue weighted by atomic mass is 16.6. The summed E-state index contributed by atoms with van der Waals surface area (Å²) in [6.07, 6.45) is 5.07. The number of hydrogen-bond acceptors (Lipinski definition) is 4. The molecule has 2 N–H and O–H groups in total. The van der Waals surface area contributed by atoms with Crippen molar-refractivity contribution in [2.24, 2.45) is 4.99 Å². The zero-order valence-electron chi connectivity index (χ0n) is 19.5. The number of ether oxygens (including phenoxy) is 1. The van der Waals surface area contributed by atoms with Gasteiger partial charge in [0, 0.05) is 31.2 Å². The number of likely N-dealkylation sites (N-methyl/N-ethyl adjacent to an activating group) is 1. The van der Waals surface area contributed by atoms with Crippen LogP contribution in [0.2, 0.25) is 0 Å². The first-order valence-electron chi connectivity index (χ1n) is 11.6. The maximum atomic E-state index is 12.6. The number of nitrogens with zero attached hydrogens (tertiary/aromatic N) is 3. The van der Waals surface area contributed by atoms with Crippen LogP contribution in [0.25, 0.3) is 0 Å². The first-order valence-corrected chi connectivity index (χ1v) is 11.6. The monoisotopic (exact) mass is 409 g/mol. The lowest BCUT2D eigenvalue weighted by atomic mass is 9.98. The number of nitrogens with one attached hydrogen (secondary N) is 2. The van der Waals surface area contributed by atoms with Gasteiger partial charge < -0.3 is 25.2 Å². The van der Waals surface area contributed by atoms with Crippen LogP contribution in [0.3, 0.4) is 0 Å². The van der Waals surface area contributed by atoms with Crippen LogP contribution in [-0.2, 0) is 4.74 Å². The quantitative estimate of drug-likeness (QED) is 0.476. The third-order valence-electron chi connectivity index (χ3n) is 5.70. The maximum absolute atomic E-state index is 12.6. The molecule has 2 saturated heterocycles. The van der Waals surface area contributed by atoms with Gasteiger partial charge in [-0.3, -0.25) is 4.99 Å². The largest absolute Gasteiger partial charge is 0.444 e. The van der Waals surface area contributed by atoms with Gasteiger partial charge in [-0.25, -0.2) is 4.79 Å². The minimum absolute atomic E-state index is 0.153. The van der Waals surface area contributed by atoms with Crippen LogP contribution in [0.1, 0.15) is 73.6 Å². The highest BCUT2D eigenvalue weighted by molar-refractivity contribution is 5.80. The molecule has 0 aliphatic carbocycles. The van der Waals surface area contributed by atoms with E-state index in [0.717, 1.165) is 64.4 Å². The molecule has 2 rings (SSSR count). The Kier molecular flexibility index (Phi) is 9.05. The lowest BCUT2D eigenvalue weighted by Gasteiger charge is -2.40. The molecule has 1 amide bonds. The van der Waals surface area contributed by atoms with Gasteiger partial charge in [0.05, 0.1) is 6.54 Å². The van der Waals surface area contributed by atoms with Gasteiger partial charge in [-0.05, 0) is 72.9 Å². The topological polar surface area (TPSA) is 69.2 Å². The van der Waals surface area contributed by atoms with Gasteiger partial charge in [0.1, 0.15) is 5.60 Å². The van der Waals surface area contributed by atoms with Gasteiger partial charge >= 0.3 is 6.09 Å². The highest BCUT2D eigenvalue weighted by Crippen LogP contribution is 2.36. The fourth-order valence-corrected chi connectivity index (χ4v) is 4.47. The molecule has 2 aliphatic rings. The van der Waals surface area contributed by atoms with Crippen LogP contribution in [-0.4, -0.2) is 78.3 Å². The molecule has 0 aromatic carbocycles. The SMILES string of the molecule is CCCN(CC)CCN=C(NCC)NC1CC2CCC(C1)N2C(=O)OC(C)(C)C. The minimum atomic E-state index is -0.444. The van der Waals surface area contributed by atoms with E-state index in [1.165, 1.54) is 6.42 Å². The van der Waals surface area contributed by atoms with Crippen LogP contribution in [0.4, 0.5) is 4.79 Å². The molecule has 7 heteroatoms. The van der Waals surface area contributed by atoms with E-state index >= 15 is 0 Å². The van der Waals surface area contributed by atoms with Crippen LogP contribution < -0.4 is 10.6 Å². The standard InChI is InChI=1S/C22H43N5O2/c1-7-13-26(9-3)14-12-24-20(23-8-2)25-17-15-18-10-11-19(16-17)27(18)21(28)29-22(4,5)6/h17-19H,7-16H2,1-6H3,(H2,23,24,25). The van der Waals surface area contributed by atoms with Gasteiger partial charge in [-0.1, -0.05) is 13.8 Å². The van der Waals surface area contributed by atoms with Gasteiger partial charge in [0.25, 0.3) is 0 Å². The van der Waals surface area contributed by atoms with Crippen molar-refractivity contribution in [2.75, 3.05) is 32.7 Å². The number of guanidine groups is 1. The number of rotatable bonds is 8. The maximum Gasteiger partial charge on any atom is 0.410 e. The van der Waals surface area contributed by atoms with Crippen LogP contribution >= 0.6 is 0 Å². The predicted molar refractivity (Wildman–Crippen MR) is 119 cm³/mol. The van der Waals surface area contributed by atoms with Crippen molar-refractivity contribution < 1.29 is 9.53 Å². The fourth-order valence-electron chi connectivity index (χ4n) is 4.47. The Morgan fingerprint density at radius 2 is 1.79 bits per heavy atom. The number of carbonyl (C=O) groups is 1. The van der Waals surface area contributed by atoms with Crippen molar-refractivity contribution in [3.8, 4) is 0 Å². The van der Waals surface area contributed by atoms with Crippen molar-refractivity contribution in [1.82, 2.24) is 20.4 Å². The van der Waals surface area contributed by atoms with Gasteiger partial charge in [0.2, 0.25) is 0 Å². The molecule has 2 aliphatic heterocycles. The number of piperidine rings is 1. The normalized spacial score (nSPS) is 24.7. The Hall–Kier alpha value is -1.50. The summed E-state index contributed by atoms with van der Waals surface area (Å²) in [6.45, 7) is 17.1. The molecule has 0 aromatic heterocycles. The molecule has 0 aromatic rings. The fraction of sp³-hybridized carbons (Fsp3) is 0.909. The van der Waals surface area contributed by atoms with Crippen molar-refractivity contribution in [3.63, 3.8) is 0 Å². The Labute approximate surface area is 177 Å². The molecule has 2 atom stereocenters. The summed E-state index contributed by atoms with van der Waals surface area (Å²) < 4.78 is 5.64. The predicted octanol–water partition coefficient (Wildman–Crippen LogP) is 3.20. The number of fused-ring (bicyclic) bond motifs is 2. The molecule has 2 heterocycles. The lowest BCUT2D eigenvalue weighted by molar-refractivity contribution is 0.00545. The van der Waals surface area contributed by atoms with E-state index in [9.17, 15) is 4.79 Å². The molecule has 2 fully saturated rings. The van der Waals surface area contributed by atoms with Gasteiger partial charge in [0.15, 0.2) is 5.96 Å². The molecule has 2 unspecified atom stereocenters. The molecule has 2 bridgehead atoms. The van der Waals surface area contributed by atoms with Crippen LogP contribution in [0.15, 0.2) is 4.99 Å². The summed E-state index contributed by atoms with van der Waals surface area (Å²) in [4.78, 5) is 21.9. The molecule has 0 spiro atoms. The van der Waals surface area contributed by atoms with E-state index in [0.29, 0.717) is 6.04 Å². The van der Waals surface area contributed by atoms with Crippen molar-refractivity contribution in [2.45, 2.75) is 97.4 Å². The van der Waals surface area contributed by atoms with Crippen LogP contribution in [0.5, 0.6) is 0 Å². The van der Waals surface area contributed by atoms with E-state index < -0.39 is 5.60 Å². The molecular formula is C22H43N5O2. The van der Waals surface area contributed by atoms with E-state index in [4.69, 9.17) is 9.73 Å². The first-order chi connectivity index (χ1) is 13.8. The van der Waals surface area contributed by atoms with Gasteiger partial charge in [-0.2, -0.15) is 0 Å². The number of carbonyl (C=O) groups excluding carboxylic acids is 1. The number of amides is 1. The molecule has 29 heavy (non-hydrogen) atoms. The van der Waals surface area contributed by atoms with E-state index in [2.05, 4.69) is 36.3 Å². The number of aliphatic imine (C=N–C) groups is 1. The smallest absolute Gasteiger partial charge is 0.410 e. The zero-order valence-corrected chi connectivity index (χ0v) is 19.5. The van der Waals surface area contributed by atoms with Crippen molar-refractivity contribution >= 4 is 12.1 Å². The molecule has 0 saturated carbocycles. The highest BCUT2D eigenvalue weighted by Gasteiger charge is 2.45. The second-order valence-corrected chi connectivity index (χ2v) is 9.28. The summed E-state index contributed by atoms with van der Waals surface area (Å²) in [7, 11) is 0. The molecule has 168 valence electrons. The van der Waals surface area contributed by atoms with Crippen molar-refractivity contribution in [1.29, 1.82) is 0 Å². The molecule has 0 radical (unpaired) electrons. The zero-order chi connectivity index (χ0) is 21.4. The van der Waals surface area contributed by atoms with E-state index in [-0.39, 0.29) is 18.2 Å². The second kappa shape index (κ2) is 11.0. The lowest BCUT2D eigenvalue weighted by Crippen LogP contribution is -2.55. The Morgan fingerprint density at radius 3 is 2.31 bits per heavy atom. The summed E-state index contributed by atoms with van der Waals surface area (Å²) >= 11 is 0. The Bertz CT molecular complexity index is 532. The van der Waals surface area contributed by atoms with Crippen molar-refractivity contribution in [3.05, 3.63) is 0 Å². The van der Waals surface area contributed by atoms with E-state index in [1.807, 2.05) is 25.7 Å². The van der Waals surface area contributed by atoms with E-state index in [1.54, 1.807) is 0 Å². The third kappa shape index (κ3) is 7.36. The third-order valence-corrected chi connectivity index (χ3v) is 5.70. The Balaban J connectivity index is 1.91. The summed E-state index contributed by atoms with van der Waals surface area (Å²) in [5.41, 5.74) is -0.444. The minimum Gasteiger partial charge on any atom is -0.444 e. The first kappa shape index (κ1) is 23.8. The average molecular weight is 410 g/mol. The summed E-state index contributed by atoms with van der Waals surface area (Å²) in [6, 6.07) is 0.884. The second-order valence-electron chi connectivity index (χ2n) is 9.28. The average Bonchev–Trinajstić information content (AvgIpc) is 2.91. The molecule has 7 nitrogen and oxygen atoms in total. The van der Waals surface area contributed by atoms with Gasteiger partial charge in [-0.15, -0.1) is 0 Å².